The monoisotopic (exact) mass is 252 g/mol. The molecule has 1 rings (SSSR count). The smallest absolute Gasteiger partial charge is 0.0598 e. The van der Waals surface area contributed by atoms with Gasteiger partial charge in [0.1, 0.15) is 0 Å². The van der Waals surface area contributed by atoms with Gasteiger partial charge in [-0.15, -0.1) is 0 Å². The number of rotatable bonds is 0. The highest BCUT2D eigenvalue weighted by Gasteiger charge is 1.95. The Labute approximate surface area is 114 Å². The topological polar surface area (TPSA) is 24.7 Å². The van der Waals surface area contributed by atoms with E-state index < -0.39 is 0 Å². The molecule has 0 unspecified atom stereocenters. The van der Waals surface area contributed by atoms with Crippen LogP contribution in [-0.2, 0) is 0 Å². The molecule has 18 heavy (non-hydrogen) atoms. The zero-order valence-electron chi connectivity index (χ0n) is 12.2. The third kappa shape index (κ3) is 10.7. The largest absolute Gasteiger partial charge is 0.194 e. The van der Waals surface area contributed by atoms with Gasteiger partial charge in [0.05, 0.1) is 13.1 Å². The zero-order chi connectivity index (χ0) is 12.7. The zero-order valence-corrected chi connectivity index (χ0v) is 12.2. The third-order valence-electron chi connectivity index (χ3n) is 3.87. The quantitative estimate of drug-likeness (QED) is 0.511. The summed E-state index contributed by atoms with van der Waals surface area (Å²) in [6, 6.07) is 0. The minimum atomic E-state index is 0.958. The van der Waals surface area contributed by atoms with Crippen LogP contribution < -0.4 is 0 Å². The molecule has 0 spiro atoms. The van der Waals surface area contributed by atoms with Crippen molar-refractivity contribution in [3.63, 3.8) is 0 Å². The molecule has 0 atom stereocenters. The first kappa shape index (κ1) is 15.7. The van der Waals surface area contributed by atoms with Crippen molar-refractivity contribution in [2.45, 2.75) is 89.9 Å². The Balaban J connectivity index is 2.06. The predicted octanol–water partition coefficient (Wildman–Crippen LogP) is 5.91. The van der Waals surface area contributed by atoms with Gasteiger partial charge in [-0.1, -0.05) is 77.0 Å². The molecule has 106 valence electrons. The molecule has 0 amide bonds. The Morgan fingerprint density at radius 3 is 0.778 bits per heavy atom. The van der Waals surface area contributed by atoms with Gasteiger partial charge in [0, 0.05) is 0 Å². The van der Waals surface area contributed by atoms with Crippen molar-refractivity contribution in [2.75, 3.05) is 13.1 Å². The second kappa shape index (κ2) is 13.0. The first-order valence-electron chi connectivity index (χ1n) is 8.33. The van der Waals surface area contributed by atoms with E-state index >= 15 is 0 Å². The van der Waals surface area contributed by atoms with E-state index in [4.69, 9.17) is 0 Å². The van der Waals surface area contributed by atoms with E-state index in [1.54, 1.807) is 0 Å². The van der Waals surface area contributed by atoms with E-state index in [1.807, 2.05) is 0 Å². The van der Waals surface area contributed by atoms with Gasteiger partial charge in [0.2, 0.25) is 0 Å². The summed E-state index contributed by atoms with van der Waals surface area (Å²) >= 11 is 0. The molecule has 2 nitrogen and oxygen atoms in total. The lowest BCUT2D eigenvalue weighted by atomic mass is 10.0. The molecule has 0 bridgehead atoms. The Bertz CT molecular complexity index is 170. The van der Waals surface area contributed by atoms with Gasteiger partial charge in [-0.25, -0.2) is 0 Å². The Kier molecular flexibility index (Phi) is 11.3. The lowest BCUT2D eigenvalue weighted by Gasteiger charge is -2.03. The van der Waals surface area contributed by atoms with Gasteiger partial charge in [0.15, 0.2) is 0 Å². The van der Waals surface area contributed by atoms with Crippen LogP contribution in [0.4, 0.5) is 0 Å². The lowest BCUT2D eigenvalue weighted by molar-refractivity contribution is 0.529. The van der Waals surface area contributed by atoms with Crippen LogP contribution in [0.5, 0.6) is 0 Å². The van der Waals surface area contributed by atoms with Gasteiger partial charge in [-0.2, -0.15) is 10.2 Å². The summed E-state index contributed by atoms with van der Waals surface area (Å²) in [7, 11) is 0. The van der Waals surface area contributed by atoms with Gasteiger partial charge < -0.3 is 0 Å². The standard InChI is InChI=1S/C16H32N2/c1-2-4-6-8-10-12-14-16-18-17-15-13-11-9-7-5-3-1/h1-16H2. The molecular formula is C16H32N2. The fourth-order valence-corrected chi connectivity index (χ4v) is 2.63. The summed E-state index contributed by atoms with van der Waals surface area (Å²) in [4.78, 5) is 0. The first-order valence-corrected chi connectivity index (χ1v) is 8.33. The van der Waals surface area contributed by atoms with Crippen molar-refractivity contribution in [1.29, 1.82) is 0 Å². The highest BCUT2D eigenvalue weighted by Crippen LogP contribution is 2.13. The molecule has 1 aliphatic rings. The van der Waals surface area contributed by atoms with Crippen molar-refractivity contribution in [3.05, 3.63) is 0 Å². The van der Waals surface area contributed by atoms with Crippen molar-refractivity contribution < 1.29 is 0 Å². The van der Waals surface area contributed by atoms with Crippen LogP contribution in [0.15, 0.2) is 10.2 Å². The summed E-state index contributed by atoms with van der Waals surface area (Å²) < 4.78 is 0. The van der Waals surface area contributed by atoms with Gasteiger partial charge >= 0.3 is 0 Å². The highest BCUT2D eigenvalue weighted by molar-refractivity contribution is 4.52. The second-order valence-electron chi connectivity index (χ2n) is 5.68. The van der Waals surface area contributed by atoms with Crippen LogP contribution in [0, 0.1) is 0 Å². The lowest BCUT2D eigenvalue weighted by Crippen LogP contribution is -1.87. The van der Waals surface area contributed by atoms with E-state index in [9.17, 15) is 0 Å². The fourth-order valence-electron chi connectivity index (χ4n) is 2.63. The fraction of sp³-hybridized carbons (Fsp3) is 1.00. The molecule has 0 aromatic carbocycles. The molecule has 0 radical (unpaired) electrons. The van der Waals surface area contributed by atoms with E-state index in [0.717, 1.165) is 13.1 Å². The maximum absolute atomic E-state index is 4.26. The van der Waals surface area contributed by atoms with Crippen molar-refractivity contribution in [2.24, 2.45) is 10.2 Å². The summed E-state index contributed by atoms with van der Waals surface area (Å²) in [5, 5.41) is 8.52. The Morgan fingerprint density at radius 2 is 0.500 bits per heavy atom. The molecule has 0 aromatic heterocycles. The molecule has 0 saturated carbocycles. The normalized spacial score (nSPS) is 23.1. The van der Waals surface area contributed by atoms with E-state index in [-0.39, 0.29) is 0 Å². The number of nitrogens with zero attached hydrogens (tertiary/aromatic N) is 2. The van der Waals surface area contributed by atoms with E-state index in [0.29, 0.717) is 0 Å². The molecule has 0 aromatic rings. The van der Waals surface area contributed by atoms with Crippen molar-refractivity contribution >= 4 is 0 Å². The molecule has 0 saturated heterocycles. The van der Waals surface area contributed by atoms with Crippen LogP contribution in [0.2, 0.25) is 0 Å². The average molecular weight is 252 g/mol. The maximum atomic E-state index is 4.26. The molecular weight excluding hydrogens is 220 g/mol. The second-order valence-corrected chi connectivity index (χ2v) is 5.68. The van der Waals surface area contributed by atoms with Crippen LogP contribution in [-0.4, -0.2) is 13.1 Å². The van der Waals surface area contributed by atoms with Gasteiger partial charge in [-0.3, -0.25) is 0 Å². The summed E-state index contributed by atoms with van der Waals surface area (Å²) in [6.07, 6.45) is 19.6. The van der Waals surface area contributed by atoms with Crippen LogP contribution >= 0.6 is 0 Å². The minimum Gasteiger partial charge on any atom is -0.194 e. The summed E-state index contributed by atoms with van der Waals surface area (Å²) in [5.74, 6) is 0. The highest BCUT2D eigenvalue weighted by atomic mass is 15.1. The van der Waals surface area contributed by atoms with Crippen LogP contribution in [0.1, 0.15) is 89.9 Å². The van der Waals surface area contributed by atoms with E-state index in [2.05, 4.69) is 10.2 Å². The molecule has 1 aliphatic heterocycles. The van der Waals surface area contributed by atoms with E-state index in [1.165, 1.54) is 89.9 Å². The SMILES string of the molecule is C1CCCCCCCCN=NCCCCCCC1. The number of azo groups is 1. The van der Waals surface area contributed by atoms with Gasteiger partial charge in [-0.05, 0) is 12.8 Å². The molecule has 0 fully saturated rings. The van der Waals surface area contributed by atoms with Crippen LogP contribution in [0.25, 0.3) is 0 Å². The van der Waals surface area contributed by atoms with Crippen molar-refractivity contribution in [3.8, 4) is 0 Å². The molecule has 2 heteroatoms. The average Bonchev–Trinajstić information content (AvgIpc) is 2.39. The van der Waals surface area contributed by atoms with Crippen molar-refractivity contribution in [1.82, 2.24) is 0 Å². The Morgan fingerprint density at radius 1 is 0.278 bits per heavy atom. The first-order chi connectivity index (χ1) is 9.00. The number of hydrogen-bond acceptors (Lipinski definition) is 2. The minimum absolute atomic E-state index is 0.958. The summed E-state index contributed by atoms with van der Waals surface area (Å²) in [6.45, 7) is 1.92. The molecule has 0 N–H and O–H groups in total. The maximum Gasteiger partial charge on any atom is 0.0598 e. The molecule has 1 heterocycles. The van der Waals surface area contributed by atoms with Crippen LogP contribution in [0.3, 0.4) is 0 Å². The predicted molar refractivity (Wildman–Crippen MR) is 79.2 cm³/mol. The Hall–Kier alpha value is -0.400. The molecule has 0 aliphatic carbocycles. The third-order valence-corrected chi connectivity index (χ3v) is 3.87. The van der Waals surface area contributed by atoms with Gasteiger partial charge in [0.25, 0.3) is 0 Å². The summed E-state index contributed by atoms with van der Waals surface area (Å²) in [5.41, 5.74) is 0. The number of hydrogen-bond donors (Lipinski definition) is 0.